The third-order valence-electron chi connectivity index (χ3n) is 4.60. The Hall–Kier alpha value is -3.24. The number of nitrogens with one attached hydrogen (secondary N) is 1. The van der Waals surface area contributed by atoms with Gasteiger partial charge in [0.25, 0.3) is 5.91 Å². The highest BCUT2D eigenvalue weighted by Crippen LogP contribution is 2.35. The molecule has 0 fully saturated rings. The van der Waals surface area contributed by atoms with Gasteiger partial charge in [-0.05, 0) is 44.2 Å². The molecule has 1 N–H and O–H groups in total. The molecule has 0 aliphatic heterocycles. The number of anilines is 2. The van der Waals surface area contributed by atoms with Crippen LogP contribution in [-0.2, 0) is 7.05 Å². The van der Waals surface area contributed by atoms with E-state index in [0.717, 1.165) is 27.8 Å². The van der Waals surface area contributed by atoms with E-state index in [2.05, 4.69) is 34.1 Å². The van der Waals surface area contributed by atoms with Crippen LogP contribution in [0.2, 0.25) is 0 Å². The van der Waals surface area contributed by atoms with Gasteiger partial charge >= 0.3 is 5.97 Å². The summed E-state index contributed by atoms with van der Waals surface area (Å²) in [6, 6.07) is 8.48. The summed E-state index contributed by atoms with van der Waals surface area (Å²) in [4.78, 5) is 32.9. The van der Waals surface area contributed by atoms with Crippen molar-refractivity contribution in [1.82, 2.24) is 14.8 Å². The molecule has 0 aliphatic carbocycles. The van der Waals surface area contributed by atoms with Gasteiger partial charge in [-0.25, -0.2) is 9.78 Å². The quantitative estimate of drug-likeness (QED) is 0.328. The normalized spacial score (nSPS) is 10.9. The number of thiophene rings is 1. The molecule has 0 saturated heterocycles. The van der Waals surface area contributed by atoms with Crippen LogP contribution in [0.25, 0.3) is 9.53 Å². The van der Waals surface area contributed by atoms with E-state index >= 15 is 0 Å². The molecule has 10 heteroatoms. The second-order valence-electron chi connectivity index (χ2n) is 6.72. The van der Waals surface area contributed by atoms with Crippen LogP contribution in [0.3, 0.4) is 0 Å². The van der Waals surface area contributed by atoms with E-state index in [1.54, 1.807) is 53.5 Å². The summed E-state index contributed by atoms with van der Waals surface area (Å²) >= 11 is 2.91. The number of carbonyl (C=O) groups excluding carboxylic acids is 2. The summed E-state index contributed by atoms with van der Waals surface area (Å²) < 4.78 is 8.02. The Morgan fingerprint density at radius 1 is 1.16 bits per heavy atom. The lowest BCUT2D eigenvalue weighted by Gasteiger charge is -2.16. The van der Waals surface area contributed by atoms with Gasteiger partial charge in [0.2, 0.25) is 0 Å². The molecule has 0 radical (unpaired) electrons. The van der Waals surface area contributed by atoms with Crippen molar-refractivity contribution in [3.05, 3.63) is 53.2 Å². The van der Waals surface area contributed by atoms with E-state index in [4.69, 9.17) is 4.74 Å². The molecular weight excluding hydrogens is 434 g/mol. The number of hydrogen-bond acceptors (Lipinski definition) is 8. The molecule has 8 nitrogen and oxygen atoms in total. The van der Waals surface area contributed by atoms with Gasteiger partial charge in [0.05, 0.1) is 16.5 Å². The Bertz CT molecular complexity index is 1190. The fourth-order valence-corrected chi connectivity index (χ4v) is 5.17. The Kier molecular flexibility index (Phi) is 6.01. The van der Waals surface area contributed by atoms with E-state index < -0.39 is 5.97 Å². The number of esters is 1. The molecule has 4 rings (SSSR count). The first-order valence-corrected chi connectivity index (χ1v) is 11.4. The van der Waals surface area contributed by atoms with Gasteiger partial charge in [-0.15, -0.1) is 11.3 Å². The van der Waals surface area contributed by atoms with E-state index in [1.165, 1.54) is 17.5 Å². The van der Waals surface area contributed by atoms with Crippen LogP contribution in [0.5, 0.6) is 5.75 Å². The molecule has 160 valence electrons. The van der Waals surface area contributed by atoms with Crippen LogP contribution >= 0.6 is 22.7 Å². The minimum atomic E-state index is -0.424. The first-order chi connectivity index (χ1) is 15.0. The summed E-state index contributed by atoms with van der Waals surface area (Å²) in [5, 5.41) is 7.73. The predicted octanol–water partition coefficient (Wildman–Crippen LogP) is 4.41. The Morgan fingerprint density at radius 2 is 1.90 bits per heavy atom. The maximum absolute atomic E-state index is 12.5. The number of fused-ring (bicyclic) bond motifs is 1. The van der Waals surface area contributed by atoms with Crippen molar-refractivity contribution in [2.45, 2.75) is 13.8 Å². The number of rotatable bonds is 7. The molecule has 0 bridgehead atoms. The van der Waals surface area contributed by atoms with Crippen LogP contribution in [0, 0.1) is 0 Å². The van der Waals surface area contributed by atoms with E-state index in [0.29, 0.717) is 21.9 Å². The molecule has 0 unspecified atom stereocenters. The number of aromatic nitrogens is 3. The molecule has 1 aromatic carbocycles. The van der Waals surface area contributed by atoms with Crippen molar-refractivity contribution >= 4 is 54.9 Å². The summed E-state index contributed by atoms with van der Waals surface area (Å²) in [6.07, 6.45) is 3.13. The third-order valence-corrected chi connectivity index (χ3v) is 6.80. The van der Waals surface area contributed by atoms with Gasteiger partial charge in [-0.2, -0.15) is 5.10 Å². The predicted molar refractivity (Wildman–Crippen MR) is 124 cm³/mol. The Labute approximate surface area is 187 Å². The molecule has 0 saturated carbocycles. The summed E-state index contributed by atoms with van der Waals surface area (Å²) in [6.45, 7) is 5.98. The SMILES string of the molecule is CCN(CC)c1nc2sc(C(=O)Oc3ccc(NC(=O)c4cnn(C)c4)cc3)cc2s1. The van der Waals surface area contributed by atoms with Crippen molar-refractivity contribution in [2.24, 2.45) is 7.05 Å². The zero-order valence-electron chi connectivity index (χ0n) is 17.3. The van der Waals surface area contributed by atoms with E-state index in [9.17, 15) is 9.59 Å². The van der Waals surface area contributed by atoms with E-state index in [1.807, 2.05) is 6.07 Å². The maximum Gasteiger partial charge on any atom is 0.353 e. The van der Waals surface area contributed by atoms with Crippen LogP contribution in [-0.4, -0.2) is 39.7 Å². The lowest BCUT2D eigenvalue weighted by Crippen LogP contribution is -2.21. The van der Waals surface area contributed by atoms with Crippen molar-refractivity contribution in [3.8, 4) is 5.75 Å². The van der Waals surface area contributed by atoms with Gasteiger partial charge in [-0.1, -0.05) is 11.3 Å². The van der Waals surface area contributed by atoms with Crippen molar-refractivity contribution in [3.63, 3.8) is 0 Å². The topological polar surface area (TPSA) is 89.3 Å². The highest BCUT2D eigenvalue weighted by atomic mass is 32.1. The average Bonchev–Trinajstić information content (AvgIpc) is 3.45. The molecule has 0 atom stereocenters. The smallest absolute Gasteiger partial charge is 0.353 e. The summed E-state index contributed by atoms with van der Waals surface area (Å²) in [7, 11) is 1.75. The third kappa shape index (κ3) is 4.59. The Balaban J connectivity index is 1.40. The van der Waals surface area contributed by atoms with Gasteiger partial charge < -0.3 is 15.0 Å². The molecule has 3 aromatic heterocycles. The first kappa shape index (κ1) is 21.0. The number of carbonyl (C=O) groups is 2. The van der Waals surface area contributed by atoms with Crippen molar-refractivity contribution in [2.75, 3.05) is 23.3 Å². The van der Waals surface area contributed by atoms with Gasteiger partial charge in [0, 0.05) is 32.0 Å². The molecule has 4 aromatic rings. The van der Waals surface area contributed by atoms with Crippen molar-refractivity contribution < 1.29 is 14.3 Å². The van der Waals surface area contributed by atoms with Crippen LogP contribution in [0.4, 0.5) is 10.8 Å². The highest BCUT2D eigenvalue weighted by molar-refractivity contribution is 7.29. The van der Waals surface area contributed by atoms with E-state index in [-0.39, 0.29) is 5.91 Å². The molecule has 0 spiro atoms. The molecule has 31 heavy (non-hydrogen) atoms. The largest absolute Gasteiger partial charge is 0.422 e. The Morgan fingerprint density at radius 3 is 2.52 bits per heavy atom. The van der Waals surface area contributed by atoms with Crippen LogP contribution in [0.15, 0.2) is 42.7 Å². The maximum atomic E-state index is 12.5. The number of aryl methyl sites for hydroxylation is 1. The fraction of sp³-hybridized carbons (Fsp3) is 0.238. The van der Waals surface area contributed by atoms with Crippen molar-refractivity contribution in [1.29, 1.82) is 0 Å². The molecule has 3 heterocycles. The second-order valence-corrected chi connectivity index (χ2v) is 8.76. The monoisotopic (exact) mass is 455 g/mol. The minimum Gasteiger partial charge on any atom is -0.422 e. The summed E-state index contributed by atoms with van der Waals surface area (Å²) in [5.41, 5.74) is 1.06. The number of hydrogen-bond donors (Lipinski definition) is 1. The van der Waals surface area contributed by atoms with Crippen LogP contribution in [0.1, 0.15) is 33.9 Å². The number of nitrogens with zero attached hydrogens (tertiary/aromatic N) is 4. The lowest BCUT2D eigenvalue weighted by molar-refractivity contribution is 0.0739. The molecular formula is C21H21N5O3S2. The number of amides is 1. The molecule has 0 aliphatic rings. The second kappa shape index (κ2) is 8.86. The number of benzene rings is 1. The first-order valence-electron chi connectivity index (χ1n) is 9.74. The number of ether oxygens (including phenoxy) is 1. The summed E-state index contributed by atoms with van der Waals surface area (Å²) in [5.74, 6) is -0.280. The standard InChI is InChI=1S/C21H21N5O3S2/c1-4-26(5-2)21-24-19-16(31-21)10-17(30-19)20(28)29-15-8-6-14(7-9-15)23-18(27)13-11-22-25(3)12-13/h6-12H,4-5H2,1-3H3,(H,23,27). The average molecular weight is 456 g/mol. The van der Waals surface area contributed by atoms with Gasteiger partial charge in [0.1, 0.15) is 15.5 Å². The fourth-order valence-electron chi connectivity index (χ4n) is 2.96. The highest BCUT2D eigenvalue weighted by Gasteiger charge is 2.17. The zero-order chi connectivity index (χ0) is 22.0. The molecule has 1 amide bonds. The van der Waals surface area contributed by atoms with Crippen LogP contribution < -0.4 is 15.0 Å². The zero-order valence-corrected chi connectivity index (χ0v) is 18.9. The van der Waals surface area contributed by atoms with Gasteiger partial charge in [-0.3, -0.25) is 9.48 Å². The minimum absolute atomic E-state index is 0.256. The van der Waals surface area contributed by atoms with Gasteiger partial charge in [0.15, 0.2) is 5.13 Å². The lowest BCUT2D eigenvalue weighted by atomic mass is 10.2. The number of thiazole rings is 1.